The van der Waals surface area contributed by atoms with Crippen molar-refractivity contribution in [3.05, 3.63) is 34.1 Å². The van der Waals surface area contributed by atoms with Crippen LogP contribution >= 0.6 is 0 Å². The van der Waals surface area contributed by atoms with Crippen LogP contribution in [0.3, 0.4) is 0 Å². The van der Waals surface area contributed by atoms with Gasteiger partial charge in [-0.3, -0.25) is 4.79 Å². The Labute approximate surface area is 104 Å². The molecule has 0 fully saturated rings. The first-order valence-electron chi connectivity index (χ1n) is 5.47. The molecule has 0 aliphatic rings. The molecule has 2 rings (SSSR count). The van der Waals surface area contributed by atoms with Gasteiger partial charge in [0.25, 0.3) is 0 Å². The highest BCUT2D eigenvalue weighted by molar-refractivity contribution is 5.83. The molecule has 96 valence electrons. The van der Waals surface area contributed by atoms with Gasteiger partial charge in [0.05, 0.1) is 26.3 Å². The minimum atomic E-state index is -0.281. The third-order valence-electron chi connectivity index (χ3n) is 2.94. The summed E-state index contributed by atoms with van der Waals surface area (Å²) >= 11 is 0. The van der Waals surface area contributed by atoms with Crippen LogP contribution in [-0.2, 0) is 13.7 Å². The van der Waals surface area contributed by atoms with Gasteiger partial charge in [-0.15, -0.1) is 0 Å². The normalized spacial score (nSPS) is 10.7. The van der Waals surface area contributed by atoms with Crippen molar-refractivity contribution in [1.29, 1.82) is 0 Å². The van der Waals surface area contributed by atoms with Gasteiger partial charge in [-0.25, -0.2) is 0 Å². The average molecular weight is 249 g/mol. The number of fused-ring (bicyclic) bond motifs is 1. The lowest BCUT2D eigenvalue weighted by molar-refractivity contribution is 0.280. The zero-order chi connectivity index (χ0) is 13.3. The summed E-state index contributed by atoms with van der Waals surface area (Å²) < 4.78 is 12.2. The summed E-state index contributed by atoms with van der Waals surface area (Å²) in [6.07, 6.45) is 1.62. The summed E-state index contributed by atoms with van der Waals surface area (Å²) in [5.74, 6) is 1.06. The van der Waals surface area contributed by atoms with Crippen molar-refractivity contribution in [2.45, 2.75) is 6.61 Å². The Kier molecular flexibility index (Phi) is 3.25. The van der Waals surface area contributed by atoms with Crippen LogP contribution in [0, 0.1) is 0 Å². The van der Waals surface area contributed by atoms with Gasteiger partial charge >= 0.3 is 0 Å². The molecular weight excluding hydrogens is 234 g/mol. The van der Waals surface area contributed by atoms with Crippen molar-refractivity contribution in [2.75, 3.05) is 14.2 Å². The number of pyridine rings is 1. The summed E-state index contributed by atoms with van der Waals surface area (Å²) in [6.45, 7) is -0.281. The van der Waals surface area contributed by atoms with E-state index >= 15 is 0 Å². The standard InChI is InChI=1S/C13H15NO4/c1-14-6-8(7-15)13(16)9-4-11(17-2)12(18-3)5-10(9)14/h4-6,15H,7H2,1-3H3. The van der Waals surface area contributed by atoms with Gasteiger partial charge < -0.3 is 19.1 Å². The molecular formula is C13H15NO4. The largest absolute Gasteiger partial charge is 0.493 e. The molecule has 18 heavy (non-hydrogen) atoms. The van der Waals surface area contributed by atoms with Crippen LogP contribution in [-0.4, -0.2) is 23.9 Å². The van der Waals surface area contributed by atoms with Gasteiger partial charge in [-0.05, 0) is 6.07 Å². The van der Waals surface area contributed by atoms with Gasteiger partial charge in [0, 0.05) is 30.3 Å². The Bertz CT molecular complexity index is 645. The number of aliphatic hydroxyl groups excluding tert-OH is 1. The Hall–Kier alpha value is -2.01. The third-order valence-corrected chi connectivity index (χ3v) is 2.94. The van der Waals surface area contributed by atoms with Crippen LogP contribution in [0.25, 0.3) is 10.9 Å². The molecule has 0 saturated heterocycles. The van der Waals surface area contributed by atoms with E-state index in [0.29, 0.717) is 22.4 Å². The van der Waals surface area contributed by atoms with Crippen LogP contribution in [0.1, 0.15) is 5.56 Å². The minimum Gasteiger partial charge on any atom is -0.493 e. The Morgan fingerprint density at radius 3 is 2.39 bits per heavy atom. The second kappa shape index (κ2) is 4.70. The summed E-state index contributed by atoms with van der Waals surface area (Å²) in [4.78, 5) is 12.1. The van der Waals surface area contributed by atoms with E-state index in [1.165, 1.54) is 7.11 Å². The molecule has 0 saturated carbocycles. The van der Waals surface area contributed by atoms with Gasteiger partial charge in [-0.1, -0.05) is 0 Å². The molecule has 1 aromatic carbocycles. The number of aliphatic hydroxyl groups is 1. The highest BCUT2D eigenvalue weighted by Gasteiger charge is 2.12. The summed E-state index contributed by atoms with van der Waals surface area (Å²) in [7, 11) is 4.88. The van der Waals surface area contributed by atoms with E-state index in [0.717, 1.165) is 5.52 Å². The van der Waals surface area contributed by atoms with Gasteiger partial charge in [0.2, 0.25) is 0 Å². The summed E-state index contributed by atoms with van der Waals surface area (Å²) in [5.41, 5.74) is 0.902. The molecule has 0 aliphatic heterocycles. The van der Waals surface area contributed by atoms with Crippen molar-refractivity contribution >= 4 is 10.9 Å². The van der Waals surface area contributed by atoms with Crippen LogP contribution < -0.4 is 14.9 Å². The number of methoxy groups -OCH3 is 2. The molecule has 0 amide bonds. The molecule has 0 unspecified atom stereocenters. The average Bonchev–Trinajstić information content (AvgIpc) is 2.41. The Balaban J connectivity index is 2.88. The monoisotopic (exact) mass is 249 g/mol. The lowest BCUT2D eigenvalue weighted by Gasteiger charge is -2.12. The van der Waals surface area contributed by atoms with Crippen molar-refractivity contribution in [3.63, 3.8) is 0 Å². The first kappa shape index (κ1) is 12.4. The maximum Gasteiger partial charge on any atom is 0.195 e. The molecule has 0 aliphatic carbocycles. The number of aryl methyl sites for hydroxylation is 1. The number of aromatic nitrogens is 1. The molecule has 2 aromatic rings. The highest BCUT2D eigenvalue weighted by Crippen LogP contribution is 2.30. The van der Waals surface area contributed by atoms with E-state index < -0.39 is 0 Å². The zero-order valence-electron chi connectivity index (χ0n) is 10.6. The van der Waals surface area contributed by atoms with Crippen molar-refractivity contribution < 1.29 is 14.6 Å². The summed E-state index contributed by atoms with van der Waals surface area (Å²) in [5, 5.41) is 9.66. The Morgan fingerprint density at radius 1 is 1.22 bits per heavy atom. The fraction of sp³-hybridized carbons (Fsp3) is 0.308. The number of hydrogen-bond acceptors (Lipinski definition) is 4. The second-order valence-electron chi connectivity index (χ2n) is 3.98. The number of nitrogens with zero attached hydrogens (tertiary/aromatic N) is 1. The fourth-order valence-corrected chi connectivity index (χ4v) is 1.99. The molecule has 0 spiro atoms. The first-order valence-corrected chi connectivity index (χ1v) is 5.47. The lowest BCUT2D eigenvalue weighted by Crippen LogP contribution is -2.13. The topological polar surface area (TPSA) is 60.7 Å². The SMILES string of the molecule is COc1cc2c(=O)c(CO)cn(C)c2cc1OC. The Morgan fingerprint density at radius 2 is 1.83 bits per heavy atom. The summed E-state index contributed by atoms with van der Waals surface area (Å²) in [6, 6.07) is 3.38. The van der Waals surface area contributed by atoms with E-state index in [2.05, 4.69) is 0 Å². The van der Waals surface area contributed by atoms with Crippen LogP contribution in [0.15, 0.2) is 23.1 Å². The van der Waals surface area contributed by atoms with E-state index in [1.54, 1.807) is 30.0 Å². The molecule has 1 heterocycles. The van der Waals surface area contributed by atoms with Crippen molar-refractivity contribution in [3.8, 4) is 11.5 Å². The minimum absolute atomic E-state index is 0.188. The molecule has 1 N–H and O–H groups in total. The third kappa shape index (κ3) is 1.82. The molecule has 1 aromatic heterocycles. The molecule has 0 atom stereocenters. The van der Waals surface area contributed by atoms with Crippen molar-refractivity contribution in [1.82, 2.24) is 4.57 Å². The first-order chi connectivity index (χ1) is 8.62. The smallest absolute Gasteiger partial charge is 0.195 e. The van der Waals surface area contributed by atoms with Crippen LogP contribution in [0.4, 0.5) is 0 Å². The second-order valence-corrected chi connectivity index (χ2v) is 3.98. The van der Waals surface area contributed by atoms with Gasteiger partial charge in [0.15, 0.2) is 16.9 Å². The number of hydrogen-bond donors (Lipinski definition) is 1. The fourth-order valence-electron chi connectivity index (χ4n) is 1.99. The van der Waals surface area contributed by atoms with E-state index in [9.17, 15) is 4.79 Å². The zero-order valence-corrected chi connectivity index (χ0v) is 10.6. The highest BCUT2D eigenvalue weighted by atomic mass is 16.5. The van der Waals surface area contributed by atoms with Crippen LogP contribution in [0.2, 0.25) is 0 Å². The number of rotatable bonds is 3. The molecule has 5 nitrogen and oxygen atoms in total. The van der Waals surface area contributed by atoms with E-state index in [1.807, 2.05) is 7.05 Å². The predicted octanol–water partition coefficient (Wildman–Crippen LogP) is 1.05. The van der Waals surface area contributed by atoms with E-state index in [-0.39, 0.29) is 12.0 Å². The van der Waals surface area contributed by atoms with Crippen molar-refractivity contribution in [2.24, 2.45) is 7.05 Å². The maximum atomic E-state index is 12.1. The quantitative estimate of drug-likeness (QED) is 0.883. The molecule has 0 radical (unpaired) electrons. The number of ether oxygens (including phenoxy) is 2. The predicted molar refractivity (Wildman–Crippen MR) is 68.2 cm³/mol. The van der Waals surface area contributed by atoms with Gasteiger partial charge in [0.1, 0.15) is 0 Å². The number of benzene rings is 1. The van der Waals surface area contributed by atoms with E-state index in [4.69, 9.17) is 14.6 Å². The van der Waals surface area contributed by atoms with Gasteiger partial charge in [-0.2, -0.15) is 0 Å². The maximum absolute atomic E-state index is 12.1. The molecule has 5 heteroatoms. The lowest BCUT2D eigenvalue weighted by atomic mass is 10.1. The molecule has 0 bridgehead atoms. The van der Waals surface area contributed by atoms with Crippen LogP contribution in [0.5, 0.6) is 11.5 Å².